The van der Waals surface area contributed by atoms with Crippen LogP contribution in [0, 0.1) is 0 Å². The van der Waals surface area contributed by atoms with Gasteiger partial charge in [-0.05, 0) is 11.6 Å². The molecule has 21 heavy (non-hydrogen) atoms. The van der Waals surface area contributed by atoms with Gasteiger partial charge in [0.25, 0.3) is 0 Å². The first kappa shape index (κ1) is 14.0. The Morgan fingerprint density at radius 1 is 1.33 bits per heavy atom. The summed E-state index contributed by atoms with van der Waals surface area (Å²) in [5, 5.41) is 3.15. The Morgan fingerprint density at radius 2 is 2.24 bits per heavy atom. The SMILES string of the molecule is CNc1nc(-c2cccc(COC)c2)nc2c1COCC2. The van der Waals surface area contributed by atoms with E-state index in [1.54, 1.807) is 7.11 Å². The van der Waals surface area contributed by atoms with Crippen molar-refractivity contribution in [3.05, 3.63) is 41.1 Å². The molecule has 2 heterocycles. The highest BCUT2D eigenvalue weighted by Gasteiger charge is 2.18. The molecule has 1 aliphatic heterocycles. The largest absolute Gasteiger partial charge is 0.380 e. The fraction of sp³-hybridized carbons (Fsp3) is 0.375. The molecule has 0 unspecified atom stereocenters. The minimum atomic E-state index is 0.579. The molecule has 5 nitrogen and oxygen atoms in total. The lowest BCUT2D eigenvalue weighted by atomic mass is 10.1. The standard InChI is InChI=1S/C16H19N3O2/c1-17-16-13-10-21-7-6-14(13)18-15(19-16)12-5-3-4-11(8-12)9-20-2/h3-5,8H,6-7,9-10H2,1-2H3,(H,17,18,19). The van der Waals surface area contributed by atoms with E-state index in [1.807, 2.05) is 25.2 Å². The van der Waals surface area contributed by atoms with Crippen LogP contribution in [-0.4, -0.2) is 30.7 Å². The molecule has 1 aliphatic rings. The third-order valence-corrected chi connectivity index (χ3v) is 3.56. The molecule has 0 aliphatic carbocycles. The lowest BCUT2D eigenvalue weighted by molar-refractivity contribution is 0.109. The maximum Gasteiger partial charge on any atom is 0.161 e. The molecule has 0 bridgehead atoms. The number of benzene rings is 1. The fourth-order valence-corrected chi connectivity index (χ4v) is 2.53. The van der Waals surface area contributed by atoms with Gasteiger partial charge in [0, 0.05) is 31.7 Å². The molecule has 5 heteroatoms. The highest BCUT2D eigenvalue weighted by molar-refractivity contribution is 5.60. The summed E-state index contributed by atoms with van der Waals surface area (Å²) in [6.45, 7) is 1.89. The van der Waals surface area contributed by atoms with Crippen LogP contribution in [0.4, 0.5) is 5.82 Å². The van der Waals surface area contributed by atoms with E-state index in [9.17, 15) is 0 Å². The zero-order valence-corrected chi connectivity index (χ0v) is 12.3. The van der Waals surface area contributed by atoms with Crippen molar-refractivity contribution >= 4 is 5.82 Å². The summed E-state index contributed by atoms with van der Waals surface area (Å²) in [5.74, 6) is 1.60. The Hall–Kier alpha value is -1.98. The number of aromatic nitrogens is 2. The summed E-state index contributed by atoms with van der Waals surface area (Å²) in [6.07, 6.45) is 0.831. The Labute approximate surface area is 124 Å². The van der Waals surface area contributed by atoms with Gasteiger partial charge < -0.3 is 14.8 Å². The molecule has 0 saturated heterocycles. The van der Waals surface area contributed by atoms with Gasteiger partial charge in [-0.1, -0.05) is 18.2 Å². The topological polar surface area (TPSA) is 56.3 Å². The number of fused-ring (bicyclic) bond motifs is 1. The molecule has 0 atom stereocenters. The fourth-order valence-electron chi connectivity index (χ4n) is 2.53. The zero-order valence-electron chi connectivity index (χ0n) is 12.3. The number of rotatable bonds is 4. The van der Waals surface area contributed by atoms with Crippen molar-refractivity contribution in [2.24, 2.45) is 0 Å². The second-order valence-corrected chi connectivity index (χ2v) is 5.01. The van der Waals surface area contributed by atoms with Gasteiger partial charge in [-0.3, -0.25) is 0 Å². The van der Waals surface area contributed by atoms with Crippen LogP contribution in [0.2, 0.25) is 0 Å². The summed E-state index contributed by atoms with van der Waals surface area (Å²) in [5.41, 5.74) is 4.27. The first-order chi connectivity index (χ1) is 10.3. The Kier molecular flexibility index (Phi) is 4.13. The van der Waals surface area contributed by atoms with E-state index < -0.39 is 0 Å². The summed E-state index contributed by atoms with van der Waals surface area (Å²) in [4.78, 5) is 9.35. The molecule has 0 amide bonds. The lowest BCUT2D eigenvalue weighted by Gasteiger charge is -2.19. The van der Waals surface area contributed by atoms with Gasteiger partial charge in [-0.25, -0.2) is 9.97 Å². The average molecular weight is 285 g/mol. The Morgan fingerprint density at radius 3 is 3.05 bits per heavy atom. The van der Waals surface area contributed by atoms with Crippen molar-refractivity contribution in [3.63, 3.8) is 0 Å². The average Bonchev–Trinajstić information content (AvgIpc) is 2.54. The van der Waals surface area contributed by atoms with Crippen molar-refractivity contribution in [1.82, 2.24) is 9.97 Å². The minimum absolute atomic E-state index is 0.579. The number of anilines is 1. The van der Waals surface area contributed by atoms with Gasteiger partial charge >= 0.3 is 0 Å². The van der Waals surface area contributed by atoms with Gasteiger partial charge in [0.05, 0.1) is 25.5 Å². The number of nitrogens with zero attached hydrogens (tertiary/aromatic N) is 2. The second kappa shape index (κ2) is 6.20. The first-order valence-corrected chi connectivity index (χ1v) is 7.05. The normalized spacial score (nSPS) is 13.8. The molecule has 1 aromatic heterocycles. The van der Waals surface area contributed by atoms with E-state index in [1.165, 1.54) is 0 Å². The van der Waals surface area contributed by atoms with Crippen LogP contribution in [-0.2, 0) is 29.1 Å². The van der Waals surface area contributed by atoms with Crippen LogP contribution >= 0.6 is 0 Å². The monoisotopic (exact) mass is 285 g/mol. The van der Waals surface area contributed by atoms with Crippen molar-refractivity contribution in [2.45, 2.75) is 19.6 Å². The summed E-state index contributed by atoms with van der Waals surface area (Å²) in [6, 6.07) is 8.15. The molecule has 0 radical (unpaired) electrons. The van der Waals surface area contributed by atoms with Crippen molar-refractivity contribution in [2.75, 3.05) is 26.1 Å². The maximum atomic E-state index is 5.50. The van der Waals surface area contributed by atoms with Crippen molar-refractivity contribution in [3.8, 4) is 11.4 Å². The highest BCUT2D eigenvalue weighted by atomic mass is 16.5. The first-order valence-electron chi connectivity index (χ1n) is 7.05. The molecule has 0 spiro atoms. The van der Waals surface area contributed by atoms with E-state index in [2.05, 4.69) is 16.4 Å². The molecule has 0 saturated carbocycles. The van der Waals surface area contributed by atoms with Gasteiger partial charge in [0.1, 0.15) is 5.82 Å². The van der Waals surface area contributed by atoms with Crippen LogP contribution in [0.25, 0.3) is 11.4 Å². The van der Waals surface area contributed by atoms with Crippen LogP contribution in [0.15, 0.2) is 24.3 Å². The van der Waals surface area contributed by atoms with E-state index in [-0.39, 0.29) is 0 Å². The van der Waals surface area contributed by atoms with Crippen LogP contribution in [0.5, 0.6) is 0 Å². The predicted octanol–water partition coefficient (Wildman–Crippen LogP) is 2.40. The second-order valence-electron chi connectivity index (χ2n) is 5.01. The van der Waals surface area contributed by atoms with Crippen LogP contribution in [0.3, 0.4) is 0 Å². The van der Waals surface area contributed by atoms with E-state index in [4.69, 9.17) is 14.5 Å². The van der Waals surface area contributed by atoms with Crippen molar-refractivity contribution in [1.29, 1.82) is 0 Å². The third-order valence-electron chi connectivity index (χ3n) is 3.56. The number of nitrogens with one attached hydrogen (secondary N) is 1. The highest BCUT2D eigenvalue weighted by Crippen LogP contribution is 2.26. The maximum absolute atomic E-state index is 5.50. The summed E-state index contributed by atoms with van der Waals surface area (Å²) < 4.78 is 10.7. The molecule has 2 aromatic rings. The summed E-state index contributed by atoms with van der Waals surface area (Å²) >= 11 is 0. The number of ether oxygens (including phenoxy) is 2. The number of hydrogen-bond donors (Lipinski definition) is 1. The number of hydrogen-bond acceptors (Lipinski definition) is 5. The molecular formula is C16H19N3O2. The van der Waals surface area contributed by atoms with Gasteiger partial charge in [0.15, 0.2) is 5.82 Å². The zero-order chi connectivity index (χ0) is 14.7. The van der Waals surface area contributed by atoms with Gasteiger partial charge in [0.2, 0.25) is 0 Å². The Bertz CT molecular complexity index is 626. The quantitative estimate of drug-likeness (QED) is 0.935. The molecule has 0 fully saturated rings. The smallest absolute Gasteiger partial charge is 0.161 e. The predicted molar refractivity (Wildman–Crippen MR) is 81.1 cm³/mol. The van der Waals surface area contributed by atoms with Crippen molar-refractivity contribution < 1.29 is 9.47 Å². The summed E-state index contributed by atoms with van der Waals surface area (Å²) in [7, 11) is 3.57. The molecule has 110 valence electrons. The molecule has 3 rings (SSSR count). The lowest BCUT2D eigenvalue weighted by Crippen LogP contribution is -2.16. The molecular weight excluding hydrogens is 266 g/mol. The van der Waals surface area contributed by atoms with Gasteiger partial charge in [-0.2, -0.15) is 0 Å². The van der Waals surface area contributed by atoms with Gasteiger partial charge in [-0.15, -0.1) is 0 Å². The van der Waals surface area contributed by atoms with E-state index >= 15 is 0 Å². The Balaban J connectivity index is 2.04. The van der Waals surface area contributed by atoms with E-state index in [0.717, 1.165) is 47.1 Å². The number of methoxy groups -OCH3 is 1. The van der Waals surface area contributed by atoms with Crippen LogP contribution in [0.1, 0.15) is 16.8 Å². The van der Waals surface area contributed by atoms with E-state index in [0.29, 0.717) is 13.2 Å². The van der Waals surface area contributed by atoms with Crippen LogP contribution < -0.4 is 5.32 Å². The molecule has 1 N–H and O–H groups in total. The minimum Gasteiger partial charge on any atom is -0.380 e. The third kappa shape index (κ3) is 2.89. The molecule has 1 aromatic carbocycles.